The Hall–Kier alpha value is -1.36. The van der Waals surface area contributed by atoms with Crippen LogP contribution < -0.4 is 10.2 Å². The van der Waals surface area contributed by atoms with Crippen molar-refractivity contribution in [2.75, 3.05) is 7.11 Å². The monoisotopic (exact) mass is 340 g/mol. The molecule has 1 rings (SSSR count). The molecule has 0 heterocycles. The maximum Gasteiger partial charge on any atom is 0.271 e. The van der Waals surface area contributed by atoms with Crippen LogP contribution in [0, 0.1) is 0 Å². The number of rotatable bonds is 7. The van der Waals surface area contributed by atoms with E-state index in [0.29, 0.717) is 11.3 Å². The van der Waals surface area contributed by atoms with Crippen molar-refractivity contribution in [3.8, 4) is 5.75 Å². The summed E-state index contributed by atoms with van der Waals surface area (Å²) in [6.45, 7) is 4.09. The lowest BCUT2D eigenvalue weighted by Gasteiger charge is -2.06. The highest BCUT2D eigenvalue weighted by Crippen LogP contribution is 2.25. The molecule has 0 saturated carbocycles. The lowest BCUT2D eigenvalue weighted by Crippen LogP contribution is -2.19. The molecule has 1 aromatic carbocycles. The first kappa shape index (κ1) is 16.7. The highest BCUT2D eigenvalue weighted by molar-refractivity contribution is 9.10. The Balaban J connectivity index is 2.58. The van der Waals surface area contributed by atoms with Crippen molar-refractivity contribution in [2.24, 2.45) is 5.10 Å². The van der Waals surface area contributed by atoms with Crippen molar-refractivity contribution in [3.05, 3.63) is 28.2 Å². The Kier molecular flexibility index (Phi) is 7.30. The summed E-state index contributed by atoms with van der Waals surface area (Å²) in [7, 11) is 1.59. The van der Waals surface area contributed by atoms with E-state index >= 15 is 0 Å². The largest absolute Gasteiger partial charge is 0.496 e. The number of methoxy groups -OCH3 is 1. The molecule has 1 aromatic rings. The third-order valence-corrected chi connectivity index (χ3v) is 3.52. The molecule has 5 heteroatoms. The smallest absolute Gasteiger partial charge is 0.271 e. The molecule has 20 heavy (non-hydrogen) atoms. The molecular formula is C15H21BrN2O2. The zero-order valence-electron chi connectivity index (χ0n) is 12.2. The third kappa shape index (κ3) is 5.33. The van der Waals surface area contributed by atoms with Crippen LogP contribution >= 0.6 is 15.9 Å². The maximum atomic E-state index is 12.0. The Labute approximate surface area is 128 Å². The van der Waals surface area contributed by atoms with Crippen LogP contribution in [-0.4, -0.2) is 18.7 Å². The van der Waals surface area contributed by atoms with Gasteiger partial charge in [-0.3, -0.25) is 4.79 Å². The van der Waals surface area contributed by atoms with E-state index in [1.165, 1.54) is 12.8 Å². The van der Waals surface area contributed by atoms with Crippen LogP contribution in [0.3, 0.4) is 0 Å². The van der Waals surface area contributed by atoms with E-state index in [4.69, 9.17) is 4.74 Å². The molecule has 0 unspecified atom stereocenters. The molecule has 0 atom stereocenters. The first-order chi connectivity index (χ1) is 9.58. The summed E-state index contributed by atoms with van der Waals surface area (Å²) in [4.78, 5) is 12.0. The molecule has 0 radical (unpaired) electrons. The van der Waals surface area contributed by atoms with E-state index in [2.05, 4.69) is 33.4 Å². The van der Waals surface area contributed by atoms with Gasteiger partial charge in [0.2, 0.25) is 0 Å². The number of carbonyl (C=O) groups excluding carboxylic acids is 1. The van der Waals surface area contributed by atoms with Crippen molar-refractivity contribution in [1.29, 1.82) is 0 Å². The standard InChI is InChI=1S/C15H21BrN2O2/c1-4-5-6-7-11(2)17-18-15(19)12-8-9-14(20-3)13(16)10-12/h8-10H,4-7H2,1-3H3,(H,18,19)/b17-11+. The third-order valence-electron chi connectivity index (χ3n) is 2.90. The van der Waals surface area contributed by atoms with Gasteiger partial charge in [-0.05, 0) is 53.9 Å². The zero-order chi connectivity index (χ0) is 15.0. The van der Waals surface area contributed by atoms with Gasteiger partial charge in [-0.2, -0.15) is 5.10 Å². The van der Waals surface area contributed by atoms with Crippen molar-refractivity contribution in [1.82, 2.24) is 5.43 Å². The second-order valence-corrected chi connectivity index (χ2v) is 5.45. The van der Waals surface area contributed by atoms with E-state index < -0.39 is 0 Å². The highest BCUT2D eigenvalue weighted by atomic mass is 79.9. The van der Waals surface area contributed by atoms with Crippen molar-refractivity contribution in [2.45, 2.75) is 39.5 Å². The molecule has 0 aliphatic heterocycles. The SMILES string of the molecule is CCCCC/C(C)=N/NC(=O)c1ccc(OC)c(Br)c1. The number of carbonyl (C=O) groups is 1. The number of hydrazone groups is 1. The van der Waals surface area contributed by atoms with Gasteiger partial charge in [-0.25, -0.2) is 5.43 Å². The number of hydrogen-bond donors (Lipinski definition) is 1. The van der Waals surface area contributed by atoms with Gasteiger partial charge in [0, 0.05) is 11.3 Å². The van der Waals surface area contributed by atoms with Crippen LogP contribution in [-0.2, 0) is 0 Å². The molecule has 0 saturated heterocycles. The summed E-state index contributed by atoms with van der Waals surface area (Å²) in [5.41, 5.74) is 4.07. The molecule has 0 bridgehead atoms. The lowest BCUT2D eigenvalue weighted by atomic mass is 10.1. The Morgan fingerprint density at radius 2 is 2.15 bits per heavy atom. The molecule has 0 aliphatic carbocycles. The van der Waals surface area contributed by atoms with Gasteiger partial charge in [-0.15, -0.1) is 0 Å². The predicted octanol–water partition coefficient (Wildman–Crippen LogP) is 4.14. The molecule has 0 fully saturated rings. The predicted molar refractivity (Wildman–Crippen MR) is 85.4 cm³/mol. The number of hydrogen-bond acceptors (Lipinski definition) is 3. The number of halogens is 1. The van der Waals surface area contributed by atoms with Gasteiger partial charge in [-0.1, -0.05) is 19.8 Å². The Morgan fingerprint density at radius 3 is 2.75 bits per heavy atom. The molecular weight excluding hydrogens is 320 g/mol. The van der Waals surface area contributed by atoms with E-state index in [-0.39, 0.29) is 5.91 Å². The average molecular weight is 341 g/mol. The molecule has 0 aromatic heterocycles. The van der Waals surface area contributed by atoms with E-state index in [9.17, 15) is 4.79 Å². The van der Waals surface area contributed by atoms with E-state index in [1.807, 2.05) is 6.92 Å². The van der Waals surface area contributed by atoms with Crippen LogP contribution in [0.2, 0.25) is 0 Å². The normalized spacial score (nSPS) is 11.3. The second-order valence-electron chi connectivity index (χ2n) is 4.59. The van der Waals surface area contributed by atoms with Crippen molar-refractivity contribution >= 4 is 27.5 Å². The fourth-order valence-corrected chi connectivity index (χ4v) is 2.25. The first-order valence-corrected chi connectivity index (χ1v) is 7.54. The van der Waals surface area contributed by atoms with E-state index in [0.717, 1.165) is 23.0 Å². The minimum absolute atomic E-state index is 0.219. The summed E-state index contributed by atoms with van der Waals surface area (Å²) >= 11 is 3.36. The van der Waals surface area contributed by atoms with Gasteiger partial charge in [0.1, 0.15) is 5.75 Å². The number of nitrogens with one attached hydrogen (secondary N) is 1. The number of amides is 1. The average Bonchev–Trinajstić information content (AvgIpc) is 2.45. The fraction of sp³-hybridized carbons (Fsp3) is 0.467. The molecule has 4 nitrogen and oxygen atoms in total. The molecule has 1 N–H and O–H groups in total. The Bertz CT molecular complexity index is 487. The maximum absolute atomic E-state index is 12.0. The van der Waals surface area contributed by atoms with Crippen LogP contribution in [0.25, 0.3) is 0 Å². The topological polar surface area (TPSA) is 50.7 Å². The quantitative estimate of drug-likeness (QED) is 0.460. The van der Waals surface area contributed by atoms with Gasteiger partial charge in [0.05, 0.1) is 11.6 Å². The zero-order valence-corrected chi connectivity index (χ0v) is 13.8. The summed E-state index contributed by atoms with van der Waals surface area (Å²) in [6.07, 6.45) is 4.39. The van der Waals surface area contributed by atoms with Gasteiger partial charge in [0.25, 0.3) is 5.91 Å². The van der Waals surface area contributed by atoms with Crippen LogP contribution in [0.4, 0.5) is 0 Å². The van der Waals surface area contributed by atoms with Crippen LogP contribution in [0.5, 0.6) is 5.75 Å². The number of ether oxygens (including phenoxy) is 1. The summed E-state index contributed by atoms with van der Waals surface area (Å²) < 4.78 is 5.87. The number of benzene rings is 1. The molecule has 1 amide bonds. The van der Waals surface area contributed by atoms with Crippen LogP contribution in [0.15, 0.2) is 27.8 Å². The lowest BCUT2D eigenvalue weighted by molar-refractivity contribution is 0.0954. The highest BCUT2D eigenvalue weighted by Gasteiger charge is 2.08. The molecule has 0 spiro atoms. The molecule has 110 valence electrons. The summed E-state index contributed by atoms with van der Waals surface area (Å²) in [6, 6.07) is 5.17. The minimum atomic E-state index is -0.219. The van der Waals surface area contributed by atoms with E-state index in [1.54, 1.807) is 25.3 Å². The minimum Gasteiger partial charge on any atom is -0.496 e. The van der Waals surface area contributed by atoms with Gasteiger partial charge < -0.3 is 4.74 Å². The van der Waals surface area contributed by atoms with Crippen molar-refractivity contribution < 1.29 is 9.53 Å². The number of nitrogens with zero attached hydrogens (tertiary/aromatic N) is 1. The van der Waals surface area contributed by atoms with Crippen molar-refractivity contribution in [3.63, 3.8) is 0 Å². The number of unbranched alkanes of at least 4 members (excludes halogenated alkanes) is 2. The Morgan fingerprint density at radius 1 is 1.40 bits per heavy atom. The first-order valence-electron chi connectivity index (χ1n) is 6.75. The van der Waals surface area contributed by atoms with Gasteiger partial charge >= 0.3 is 0 Å². The summed E-state index contributed by atoms with van der Waals surface area (Å²) in [5, 5.41) is 4.12. The van der Waals surface area contributed by atoms with Crippen LogP contribution in [0.1, 0.15) is 49.9 Å². The second kappa shape index (κ2) is 8.74. The van der Waals surface area contributed by atoms with Gasteiger partial charge in [0.15, 0.2) is 0 Å². The summed E-state index contributed by atoms with van der Waals surface area (Å²) in [5.74, 6) is 0.476. The molecule has 0 aliphatic rings. The fourth-order valence-electron chi connectivity index (χ4n) is 1.71.